The number of piperidine rings is 1. The zero-order valence-corrected chi connectivity index (χ0v) is 12.9. The first kappa shape index (κ1) is 14.3. The van der Waals surface area contributed by atoms with Crippen LogP contribution in [0.1, 0.15) is 49.4 Å². The fraction of sp³-hybridized carbons (Fsp3) is 0.647. The molecule has 21 heavy (non-hydrogen) atoms. The summed E-state index contributed by atoms with van der Waals surface area (Å²) in [7, 11) is 0. The van der Waals surface area contributed by atoms with E-state index in [4.69, 9.17) is 4.98 Å². The molecular formula is C17H24N4. The summed E-state index contributed by atoms with van der Waals surface area (Å²) in [5, 5.41) is 12.9. The van der Waals surface area contributed by atoms with Crippen molar-refractivity contribution in [2.75, 3.05) is 25.0 Å². The number of fused-ring (bicyclic) bond motifs is 1. The molecule has 4 heteroatoms. The minimum Gasteiger partial charge on any atom is -0.366 e. The van der Waals surface area contributed by atoms with Gasteiger partial charge in [0.2, 0.25) is 0 Å². The van der Waals surface area contributed by atoms with Crippen LogP contribution in [-0.2, 0) is 12.8 Å². The highest BCUT2D eigenvalue weighted by molar-refractivity contribution is 5.55. The van der Waals surface area contributed by atoms with Crippen molar-refractivity contribution in [3.05, 3.63) is 22.9 Å². The van der Waals surface area contributed by atoms with Crippen LogP contribution in [0.5, 0.6) is 0 Å². The van der Waals surface area contributed by atoms with Gasteiger partial charge >= 0.3 is 0 Å². The van der Waals surface area contributed by atoms with Crippen LogP contribution in [0.15, 0.2) is 6.07 Å². The van der Waals surface area contributed by atoms with E-state index in [9.17, 15) is 5.26 Å². The zero-order chi connectivity index (χ0) is 14.7. The molecule has 1 N–H and O–H groups in total. The Morgan fingerprint density at radius 2 is 2.10 bits per heavy atom. The van der Waals surface area contributed by atoms with Gasteiger partial charge in [0.15, 0.2) is 0 Å². The molecule has 0 atom stereocenters. The maximum atomic E-state index is 9.39. The molecule has 2 aliphatic rings. The Morgan fingerprint density at radius 3 is 2.81 bits per heavy atom. The third-order valence-electron chi connectivity index (χ3n) is 4.80. The number of aryl methyl sites for hydroxylation is 2. The fourth-order valence-corrected chi connectivity index (χ4v) is 3.42. The van der Waals surface area contributed by atoms with Gasteiger partial charge in [-0.25, -0.2) is 4.98 Å². The van der Waals surface area contributed by atoms with E-state index in [1.807, 2.05) is 0 Å². The third kappa shape index (κ3) is 3.19. The molecule has 1 aliphatic carbocycles. The number of hydrogen-bond acceptors (Lipinski definition) is 4. The number of pyridine rings is 1. The second-order valence-corrected chi connectivity index (χ2v) is 6.16. The van der Waals surface area contributed by atoms with Crippen molar-refractivity contribution in [3.8, 4) is 6.07 Å². The predicted molar refractivity (Wildman–Crippen MR) is 84.4 cm³/mol. The molecule has 1 fully saturated rings. The average molecular weight is 284 g/mol. The quantitative estimate of drug-likeness (QED) is 0.927. The molecule has 0 saturated carbocycles. The first-order valence-electron chi connectivity index (χ1n) is 8.22. The van der Waals surface area contributed by atoms with Gasteiger partial charge in [0.05, 0.1) is 5.56 Å². The van der Waals surface area contributed by atoms with Crippen molar-refractivity contribution >= 4 is 5.82 Å². The monoisotopic (exact) mass is 284 g/mol. The predicted octanol–water partition coefficient (Wildman–Crippen LogP) is 2.73. The molecule has 0 amide bonds. The smallest absolute Gasteiger partial charge is 0.144 e. The minimum atomic E-state index is 0.453. The Kier molecular flexibility index (Phi) is 4.40. The van der Waals surface area contributed by atoms with Crippen molar-refractivity contribution in [2.24, 2.45) is 0 Å². The van der Waals surface area contributed by atoms with Gasteiger partial charge in [-0.2, -0.15) is 5.26 Å². The largest absolute Gasteiger partial charge is 0.366 e. The molecule has 0 radical (unpaired) electrons. The Balaban J connectivity index is 1.74. The van der Waals surface area contributed by atoms with E-state index in [0.29, 0.717) is 11.6 Å². The minimum absolute atomic E-state index is 0.453. The number of rotatable bonds is 3. The van der Waals surface area contributed by atoms with Gasteiger partial charge in [0.25, 0.3) is 0 Å². The normalized spacial score (nSPS) is 19.8. The molecule has 1 aromatic rings. The van der Waals surface area contributed by atoms with Gasteiger partial charge in [-0.1, -0.05) is 6.92 Å². The lowest BCUT2D eigenvalue weighted by Gasteiger charge is -2.32. The van der Waals surface area contributed by atoms with E-state index in [2.05, 4.69) is 29.3 Å². The maximum absolute atomic E-state index is 9.39. The van der Waals surface area contributed by atoms with Gasteiger partial charge in [-0.3, -0.25) is 0 Å². The Hall–Kier alpha value is -1.60. The Bertz CT molecular complexity index is 538. The summed E-state index contributed by atoms with van der Waals surface area (Å²) in [6.07, 6.45) is 6.85. The lowest BCUT2D eigenvalue weighted by molar-refractivity contribution is 0.229. The molecule has 1 aromatic heterocycles. The summed E-state index contributed by atoms with van der Waals surface area (Å²) < 4.78 is 0. The molecule has 0 unspecified atom stereocenters. The highest BCUT2D eigenvalue weighted by Gasteiger charge is 2.21. The van der Waals surface area contributed by atoms with Gasteiger partial charge in [-0.05, 0) is 56.7 Å². The molecular weight excluding hydrogens is 260 g/mol. The molecule has 4 nitrogen and oxygen atoms in total. The summed E-state index contributed by atoms with van der Waals surface area (Å²) >= 11 is 0. The van der Waals surface area contributed by atoms with E-state index in [1.165, 1.54) is 24.1 Å². The van der Waals surface area contributed by atoms with Crippen LogP contribution in [0.3, 0.4) is 0 Å². The number of nitriles is 1. The van der Waals surface area contributed by atoms with E-state index in [1.54, 1.807) is 0 Å². The van der Waals surface area contributed by atoms with Gasteiger partial charge in [0, 0.05) is 24.8 Å². The highest BCUT2D eigenvalue weighted by Crippen LogP contribution is 2.25. The molecule has 0 bridgehead atoms. The SMILES string of the molecule is CCN1CCC(Nc2nc3c(cc2C#N)CCCC3)CC1. The van der Waals surface area contributed by atoms with Crippen molar-refractivity contribution < 1.29 is 0 Å². The number of nitrogens with zero attached hydrogens (tertiary/aromatic N) is 3. The average Bonchev–Trinajstić information content (AvgIpc) is 2.55. The van der Waals surface area contributed by atoms with Crippen LogP contribution in [0.25, 0.3) is 0 Å². The molecule has 0 spiro atoms. The van der Waals surface area contributed by atoms with Crippen molar-refractivity contribution in [1.29, 1.82) is 5.26 Å². The Labute approximate surface area is 127 Å². The fourth-order valence-electron chi connectivity index (χ4n) is 3.42. The first-order chi connectivity index (χ1) is 10.3. The molecule has 2 heterocycles. The summed E-state index contributed by atoms with van der Waals surface area (Å²) in [6.45, 7) is 5.63. The van der Waals surface area contributed by atoms with E-state index in [0.717, 1.165) is 51.1 Å². The number of anilines is 1. The second kappa shape index (κ2) is 6.44. The molecule has 1 aliphatic heterocycles. The van der Waals surface area contributed by atoms with E-state index >= 15 is 0 Å². The maximum Gasteiger partial charge on any atom is 0.144 e. The van der Waals surface area contributed by atoms with Crippen molar-refractivity contribution in [3.63, 3.8) is 0 Å². The summed E-state index contributed by atoms with van der Waals surface area (Å²) in [4.78, 5) is 7.25. The van der Waals surface area contributed by atoms with Crippen LogP contribution >= 0.6 is 0 Å². The van der Waals surface area contributed by atoms with Crippen molar-refractivity contribution in [1.82, 2.24) is 9.88 Å². The van der Waals surface area contributed by atoms with Crippen LogP contribution in [0.4, 0.5) is 5.82 Å². The third-order valence-corrected chi connectivity index (χ3v) is 4.80. The first-order valence-corrected chi connectivity index (χ1v) is 8.22. The zero-order valence-electron chi connectivity index (χ0n) is 12.9. The van der Waals surface area contributed by atoms with Gasteiger partial charge in [-0.15, -0.1) is 0 Å². The lowest BCUT2D eigenvalue weighted by Crippen LogP contribution is -2.39. The van der Waals surface area contributed by atoms with Crippen LogP contribution in [0.2, 0.25) is 0 Å². The molecule has 112 valence electrons. The summed E-state index contributed by atoms with van der Waals surface area (Å²) in [6, 6.07) is 4.83. The second-order valence-electron chi connectivity index (χ2n) is 6.16. The topological polar surface area (TPSA) is 52.0 Å². The van der Waals surface area contributed by atoms with Crippen LogP contribution < -0.4 is 5.32 Å². The van der Waals surface area contributed by atoms with Gasteiger partial charge < -0.3 is 10.2 Å². The lowest BCUT2D eigenvalue weighted by atomic mass is 9.94. The summed E-state index contributed by atoms with van der Waals surface area (Å²) in [5.41, 5.74) is 3.20. The highest BCUT2D eigenvalue weighted by atomic mass is 15.1. The van der Waals surface area contributed by atoms with E-state index < -0.39 is 0 Å². The number of aromatic nitrogens is 1. The molecule has 0 aromatic carbocycles. The van der Waals surface area contributed by atoms with Crippen LogP contribution in [-0.4, -0.2) is 35.6 Å². The molecule has 1 saturated heterocycles. The number of hydrogen-bond donors (Lipinski definition) is 1. The van der Waals surface area contributed by atoms with Gasteiger partial charge in [0.1, 0.15) is 11.9 Å². The van der Waals surface area contributed by atoms with Crippen molar-refractivity contribution in [2.45, 2.75) is 51.5 Å². The Morgan fingerprint density at radius 1 is 1.33 bits per heavy atom. The molecule has 3 rings (SSSR count). The standard InChI is InChI=1S/C17H24N4/c1-2-21-9-7-15(8-10-21)19-17-14(12-18)11-13-5-3-4-6-16(13)20-17/h11,15H,2-10H2,1H3,(H,19,20). The van der Waals surface area contributed by atoms with Crippen LogP contribution in [0, 0.1) is 11.3 Å². The summed E-state index contributed by atoms with van der Waals surface area (Å²) in [5.74, 6) is 0.813. The van der Waals surface area contributed by atoms with E-state index in [-0.39, 0.29) is 0 Å². The number of nitrogens with one attached hydrogen (secondary N) is 1. The number of likely N-dealkylation sites (tertiary alicyclic amines) is 1.